The molecule has 3 aromatic carbocycles. The molecule has 1 fully saturated rings. The predicted molar refractivity (Wildman–Crippen MR) is 146 cm³/mol. The van der Waals surface area contributed by atoms with E-state index < -0.39 is 0 Å². The molecule has 1 aliphatic rings. The van der Waals surface area contributed by atoms with Gasteiger partial charge in [0.1, 0.15) is 5.82 Å². The maximum absolute atomic E-state index is 13.1. The lowest BCUT2D eigenvalue weighted by Gasteiger charge is -2.31. The van der Waals surface area contributed by atoms with Crippen LogP contribution < -0.4 is 5.32 Å². The largest absolute Gasteiger partial charge is 0.326 e. The third-order valence-electron chi connectivity index (χ3n) is 6.80. The molecule has 5 rings (SSSR count). The van der Waals surface area contributed by atoms with E-state index in [4.69, 9.17) is 4.98 Å². The molecular weight excluding hydrogens is 500 g/mol. The van der Waals surface area contributed by atoms with Gasteiger partial charge in [-0.2, -0.15) is 0 Å². The van der Waals surface area contributed by atoms with E-state index in [9.17, 15) is 4.79 Å². The molecule has 1 aromatic heterocycles. The number of benzene rings is 3. The third kappa shape index (κ3) is 5.34. The molecule has 4 aromatic rings. The normalized spacial score (nSPS) is 16.6. The fourth-order valence-corrected chi connectivity index (χ4v) is 5.13. The van der Waals surface area contributed by atoms with Crippen LogP contribution in [0.25, 0.3) is 16.7 Å². The number of amides is 1. The van der Waals surface area contributed by atoms with Gasteiger partial charge in [-0.05, 0) is 79.4 Å². The van der Waals surface area contributed by atoms with Crippen molar-refractivity contribution in [2.24, 2.45) is 5.92 Å². The van der Waals surface area contributed by atoms with Crippen molar-refractivity contribution in [1.29, 1.82) is 0 Å². The molecule has 5 nitrogen and oxygen atoms in total. The van der Waals surface area contributed by atoms with Gasteiger partial charge in [0, 0.05) is 22.4 Å². The molecule has 6 heteroatoms. The van der Waals surface area contributed by atoms with Crippen molar-refractivity contribution >= 4 is 38.6 Å². The Balaban J connectivity index is 1.32. The van der Waals surface area contributed by atoms with Crippen LogP contribution in [0.15, 0.2) is 77.3 Å². The van der Waals surface area contributed by atoms with E-state index in [1.165, 1.54) is 5.56 Å². The summed E-state index contributed by atoms with van der Waals surface area (Å²) in [4.78, 5) is 20.4. The molecule has 0 saturated carbocycles. The third-order valence-corrected chi connectivity index (χ3v) is 7.33. The predicted octanol–water partition coefficient (Wildman–Crippen LogP) is 6.76. The number of likely N-dealkylation sites (tertiary alicyclic amines) is 1. The first-order valence-electron chi connectivity index (χ1n) is 12.3. The van der Waals surface area contributed by atoms with Gasteiger partial charge >= 0.3 is 0 Å². The van der Waals surface area contributed by atoms with Crippen molar-refractivity contribution < 1.29 is 4.79 Å². The summed E-state index contributed by atoms with van der Waals surface area (Å²) in [6.45, 7) is 6.76. The second-order valence-corrected chi connectivity index (χ2v) is 10.6. The Bertz CT molecular complexity index is 1310. The lowest BCUT2D eigenvalue weighted by Crippen LogP contribution is -2.40. The van der Waals surface area contributed by atoms with Crippen molar-refractivity contribution in [3.63, 3.8) is 0 Å². The average molecular weight is 531 g/mol. The molecule has 35 heavy (non-hydrogen) atoms. The Morgan fingerprint density at radius 2 is 1.80 bits per heavy atom. The molecular formula is C29H31BrN4O. The SMILES string of the molecule is CC(C)c1ccc(NC(=O)[C@@H]2CCCN(Cc3nc4ccccc4n3-c3ccc(Br)cc3)C2)cc1. The highest BCUT2D eigenvalue weighted by Gasteiger charge is 2.27. The van der Waals surface area contributed by atoms with Gasteiger partial charge in [0.25, 0.3) is 0 Å². The number of anilines is 1. The summed E-state index contributed by atoms with van der Waals surface area (Å²) in [6.07, 6.45) is 1.92. The maximum atomic E-state index is 13.1. The monoisotopic (exact) mass is 530 g/mol. The van der Waals surface area contributed by atoms with Gasteiger partial charge in [-0.15, -0.1) is 0 Å². The number of carbonyl (C=O) groups excluding carboxylic acids is 1. The Kier molecular flexibility index (Phi) is 7.02. The van der Waals surface area contributed by atoms with Crippen molar-refractivity contribution in [2.45, 2.75) is 39.2 Å². The quantitative estimate of drug-likeness (QED) is 0.299. The molecule has 0 bridgehead atoms. The molecule has 0 unspecified atom stereocenters. The van der Waals surface area contributed by atoms with Crippen LogP contribution >= 0.6 is 15.9 Å². The number of imidazole rings is 1. The summed E-state index contributed by atoms with van der Waals surface area (Å²) in [5.41, 5.74) is 5.32. The van der Waals surface area contributed by atoms with Gasteiger partial charge in [-0.3, -0.25) is 14.3 Å². The molecule has 0 radical (unpaired) electrons. The number of hydrogen-bond donors (Lipinski definition) is 1. The van der Waals surface area contributed by atoms with Crippen LogP contribution in [0.2, 0.25) is 0 Å². The van der Waals surface area contributed by atoms with E-state index in [1.54, 1.807) is 0 Å². The van der Waals surface area contributed by atoms with Gasteiger partial charge in [-0.1, -0.05) is 54.0 Å². The van der Waals surface area contributed by atoms with E-state index >= 15 is 0 Å². The summed E-state index contributed by atoms with van der Waals surface area (Å²) >= 11 is 3.54. The topological polar surface area (TPSA) is 50.2 Å². The number of carbonyl (C=O) groups is 1. The van der Waals surface area contributed by atoms with Crippen molar-refractivity contribution in [3.05, 3.63) is 88.7 Å². The number of halogens is 1. The average Bonchev–Trinajstić information content (AvgIpc) is 3.23. The van der Waals surface area contributed by atoms with Gasteiger partial charge in [0.2, 0.25) is 5.91 Å². The van der Waals surface area contributed by atoms with Crippen LogP contribution in [0.1, 0.15) is 44.0 Å². The van der Waals surface area contributed by atoms with E-state index in [0.29, 0.717) is 12.5 Å². The first kappa shape index (κ1) is 23.8. The van der Waals surface area contributed by atoms with Crippen LogP contribution in [0.4, 0.5) is 5.69 Å². The molecule has 1 N–H and O–H groups in total. The fraction of sp³-hybridized carbons (Fsp3) is 0.310. The number of para-hydroxylation sites is 2. The number of nitrogens with one attached hydrogen (secondary N) is 1. The highest BCUT2D eigenvalue weighted by atomic mass is 79.9. The van der Waals surface area contributed by atoms with Crippen molar-refractivity contribution in [1.82, 2.24) is 14.5 Å². The Labute approximate surface area is 215 Å². The number of aromatic nitrogens is 2. The molecule has 2 heterocycles. The number of rotatable bonds is 6. The standard InChI is InChI=1S/C29H31BrN4O/c1-20(2)21-9-13-24(14-10-21)31-29(35)22-6-5-17-33(18-22)19-28-32-26-7-3-4-8-27(26)34(28)25-15-11-23(30)12-16-25/h3-4,7-16,20,22H,5-6,17-19H2,1-2H3,(H,31,35)/t22-/m1/s1. The van der Waals surface area contributed by atoms with Crippen LogP contribution in [0.5, 0.6) is 0 Å². The number of nitrogens with zero attached hydrogens (tertiary/aromatic N) is 3. The summed E-state index contributed by atoms with van der Waals surface area (Å²) in [6, 6.07) is 24.8. The van der Waals surface area contributed by atoms with E-state index in [1.807, 2.05) is 18.2 Å². The zero-order valence-corrected chi connectivity index (χ0v) is 21.8. The zero-order chi connectivity index (χ0) is 24.4. The molecule has 180 valence electrons. The minimum atomic E-state index is -0.0287. The smallest absolute Gasteiger partial charge is 0.228 e. The molecule has 1 atom stereocenters. The molecule has 1 amide bonds. The summed E-state index contributed by atoms with van der Waals surface area (Å²) in [5, 5.41) is 3.14. The van der Waals surface area contributed by atoms with Crippen LogP contribution in [0, 0.1) is 5.92 Å². The van der Waals surface area contributed by atoms with Crippen molar-refractivity contribution in [2.75, 3.05) is 18.4 Å². The summed E-state index contributed by atoms with van der Waals surface area (Å²) in [5.74, 6) is 1.56. The fourth-order valence-electron chi connectivity index (χ4n) is 4.87. The second-order valence-electron chi connectivity index (χ2n) is 9.67. The van der Waals surface area contributed by atoms with Gasteiger partial charge in [0.05, 0.1) is 23.5 Å². The first-order valence-corrected chi connectivity index (χ1v) is 13.1. The van der Waals surface area contributed by atoms with Crippen LogP contribution in [-0.4, -0.2) is 33.4 Å². The molecule has 0 spiro atoms. The Hall–Kier alpha value is -2.96. The minimum Gasteiger partial charge on any atom is -0.326 e. The molecule has 0 aliphatic carbocycles. The van der Waals surface area contributed by atoms with E-state index in [2.05, 4.69) is 99.2 Å². The molecule has 1 aliphatic heterocycles. The summed E-state index contributed by atoms with van der Waals surface area (Å²) in [7, 11) is 0. The van der Waals surface area contributed by atoms with Crippen LogP contribution in [-0.2, 0) is 11.3 Å². The van der Waals surface area contributed by atoms with Gasteiger partial charge < -0.3 is 5.32 Å². The minimum absolute atomic E-state index is 0.0287. The number of piperidine rings is 1. The number of hydrogen-bond acceptors (Lipinski definition) is 3. The Morgan fingerprint density at radius 3 is 2.54 bits per heavy atom. The lowest BCUT2D eigenvalue weighted by atomic mass is 9.97. The number of fused-ring (bicyclic) bond motifs is 1. The zero-order valence-electron chi connectivity index (χ0n) is 20.2. The Morgan fingerprint density at radius 1 is 1.06 bits per heavy atom. The van der Waals surface area contributed by atoms with Crippen LogP contribution in [0.3, 0.4) is 0 Å². The van der Waals surface area contributed by atoms with Gasteiger partial charge in [0.15, 0.2) is 0 Å². The molecule has 1 saturated heterocycles. The summed E-state index contributed by atoms with van der Waals surface area (Å²) < 4.78 is 3.29. The van der Waals surface area contributed by atoms with Gasteiger partial charge in [-0.25, -0.2) is 4.98 Å². The maximum Gasteiger partial charge on any atom is 0.228 e. The van der Waals surface area contributed by atoms with E-state index in [0.717, 1.165) is 58.6 Å². The van der Waals surface area contributed by atoms with Crippen molar-refractivity contribution in [3.8, 4) is 5.69 Å². The highest BCUT2D eigenvalue weighted by molar-refractivity contribution is 9.10. The highest BCUT2D eigenvalue weighted by Crippen LogP contribution is 2.26. The second kappa shape index (κ2) is 10.3. The van der Waals surface area contributed by atoms with E-state index in [-0.39, 0.29) is 11.8 Å². The lowest BCUT2D eigenvalue weighted by molar-refractivity contribution is -0.121. The first-order chi connectivity index (χ1) is 17.0.